The molecule has 31 heavy (non-hydrogen) atoms. The predicted octanol–water partition coefficient (Wildman–Crippen LogP) is 5.24. The van der Waals surface area contributed by atoms with Gasteiger partial charge in [-0.05, 0) is 55.5 Å². The molecule has 0 aliphatic rings. The maximum absolute atomic E-state index is 13.5. The van der Waals surface area contributed by atoms with E-state index in [1.165, 1.54) is 18.2 Å². The van der Waals surface area contributed by atoms with Crippen molar-refractivity contribution in [2.45, 2.75) is 6.92 Å². The number of ether oxygens (including phenoxy) is 1. The summed E-state index contributed by atoms with van der Waals surface area (Å²) < 4.78 is 19.0. The van der Waals surface area contributed by atoms with Crippen LogP contribution in [-0.4, -0.2) is 27.8 Å². The summed E-state index contributed by atoms with van der Waals surface area (Å²) in [5.74, 6) is -0.221. The van der Waals surface area contributed by atoms with Crippen LogP contribution in [0.5, 0.6) is 11.5 Å². The second-order valence-corrected chi connectivity index (χ2v) is 6.79. The number of nitrogens with zero attached hydrogens (tertiary/aromatic N) is 1. The van der Waals surface area contributed by atoms with Gasteiger partial charge in [0.15, 0.2) is 0 Å². The van der Waals surface area contributed by atoms with E-state index in [-0.39, 0.29) is 11.7 Å². The van der Waals surface area contributed by atoms with Crippen LogP contribution >= 0.6 is 0 Å². The summed E-state index contributed by atoms with van der Waals surface area (Å²) in [4.78, 5) is 12.6. The molecule has 6 nitrogen and oxygen atoms in total. The average molecular weight is 417 g/mol. The first-order valence-electron chi connectivity index (χ1n) is 9.73. The van der Waals surface area contributed by atoms with Crippen LogP contribution in [0.4, 0.5) is 10.1 Å². The van der Waals surface area contributed by atoms with Crippen molar-refractivity contribution in [1.82, 2.24) is 10.2 Å². The molecule has 0 spiro atoms. The van der Waals surface area contributed by atoms with Gasteiger partial charge in [0.05, 0.1) is 23.6 Å². The van der Waals surface area contributed by atoms with Crippen molar-refractivity contribution in [2.75, 3.05) is 11.9 Å². The van der Waals surface area contributed by atoms with Crippen LogP contribution in [0.15, 0.2) is 72.8 Å². The summed E-state index contributed by atoms with van der Waals surface area (Å²) in [5, 5.41) is 19.9. The lowest BCUT2D eigenvalue weighted by Crippen LogP contribution is -2.13. The molecule has 7 heteroatoms. The van der Waals surface area contributed by atoms with Crippen molar-refractivity contribution in [3.63, 3.8) is 0 Å². The third-order valence-electron chi connectivity index (χ3n) is 4.70. The molecule has 0 aliphatic heterocycles. The molecule has 0 saturated heterocycles. The molecule has 3 N–H and O–H groups in total. The molecular weight excluding hydrogens is 397 g/mol. The molecular formula is C24H20FN3O3. The molecule has 156 valence electrons. The quantitative estimate of drug-likeness (QED) is 0.400. The second-order valence-electron chi connectivity index (χ2n) is 6.79. The number of nitrogens with one attached hydrogen (secondary N) is 2. The van der Waals surface area contributed by atoms with Crippen LogP contribution in [0.1, 0.15) is 17.3 Å². The highest BCUT2D eigenvalue weighted by Crippen LogP contribution is 2.31. The van der Waals surface area contributed by atoms with E-state index < -0.39 is 5.82 Å². The number of amides is 1. The fourth-order valence-electron chi connectivity index (χ4n) is 3.19. The normalized spacial score (nSPS) is 10.6. The van der Waals surface area contributed by atoms with Crippen molar-refractivity contribution in [3.05, 3.63) is 84.2 Å². The Morgan fingerprint density at radius 2 is 1.87 bits per heavy atom. The monoisotopic (exact) mass is 417 g/mol. The van der Waals surface area contributed by atoms with Crippen LogP contribution in [0.25, 0.3) is 22.5 Å². The number of benzene rings is 3. The van der Waals surface area contributed by atoms with Crippen LogP contribution in [0, 0.1) is 5.82 Å². The highest BCUT2D eigenvalue weighted by molar-refractivity contribution is 6.06. The number of halogens is 1. The number of hydrogen-bond donors (Lipinski definition) is 3. The highest BCUT2D eigenvalue weighted by Gasteiger charge is 2.13. The Kier molecular flexibility index (Phi) is 5.66. The summed E-state index contributed by atoms with van der Waals surface area (Å²) in [7, 11) is 0. The molecule has 3 aromatic carbocycles. The zero-order valence-electron chi connectivity index (χ0n) is 16.7. The Bertz CT molecular complexity index is 1220. The molecule has 1 aromatic heterocycles. The minimum atomic E-state index is -0.449. The van der Waals surface area contributed by atoms with Gasteiger partial charge in [0.25, 0.3) is 5.91 Å². The number of H-pyrrole nitrogens is 1. The Hall–Kier alpha value is -4.13. The van der Waals surface area contributed by atoms with Crippen LogP contribution < -0.4 is 10.1 Å². The number of hydrogen-bond acceptors (Lipinski definition) is 4. The van der Waals surface area contributed by atoms with Gasteiger partial charge in [-0.15, -0.1) is 0 Å². The molecule has 1 heterocycles. The van der Waals surface area contributed by atoms with Gasteiger partial charge in [-0.25, -0.2) is 4.39 Å². The average Bonchev–Trinajstić information content (AvgIpc) is 3.26. The van der Waals surface area contributed by atoms with Crippen molar-refractivity contribution in [1.29, 1.82) is 0 Å². The van der Waals surface area contributed by atoms with Crippen molar-refractivity contribution >= 4 is 11.6 Å². The fourth-order valence-corrected chi connectivity index (χ4v) is 3.19. The number of carbonyl (C=O) groups is 1. The topological polar surface area (TPSA) is 87.2 Å². The second kappa shape index (κ2) is 8.71. The maximum Gasteiger partial charge on any atom is 0.259 e. The molecule has 0 aliphatic carbocycles. The minimum absolute atomic E-state index is 0.0398. The molecule has 4 aromatic rings. The van der Waals surface area contributed by atoms with Gasteiger partial charge in [0, 0.05) is 16.8 Å². The minimum Gasteiger partial charge on any atom is -0.507 e. The largest absolute Gasteiger partial charge is 0.507 e. The Morgan fingerprint density at radius 3 is 2.65 bits per heavy atom. The standard InChI is InChI=1S/C24H20FN3O3/c1-2-31-23-6-4-3-5-18(23)24(30)26-17-10-7-15(8-11-17)20-14-21(28-27-20)19-13-16(25)9-12-22(19)29/h3-14,29H,2H2,1H3,(H,26,30)(H,27,28). The first-order chi connectivity index (χ1) is 15.0. The summed E-state index contributed by atoms with van der Waals surface area (Å²) in [6.07, 6.45) is 0. The lowest BCUT2D eigenvalue weighted by Gasteiger charge is -2.10. The van der Waals surface area contributed by atoms with Crippen LogP contribution in [0.2, 0.25) is 0 Å². The summed E-state index contributed by atoms with van der Waals surface area (Å²) in [5.41, 5.74) is 3.33. The summed E-state index contributed by atoms with van der Waals surface area (Å²) in [6, 6.07) is 19.7. The number of phenols is 1. The third kappa shape index (κ3) is 4.40. The molecule has 0 radical (unpaired) electrons. The highest BCUT2D eigenvalue weighted by atomic mass is 19.1. The van der Waals surface area contributed by atoms with E-state index in [4.69, 9.17) is 4.74 Å². The van der Waals surface area contributed by atoms with Gasteiger partial charge >= 0.3 is 0 Å². The van der Waals surface area contributed by atoms with E-state index in [0.29, 0.717) is 40.6 Å². The number of aromatic hydroxyl groups is 1. The van der Waals surface area contributed by atoms with E-state index in [9.17, 15) is 14.3 Å². The zero-order valence-corrected chi connectivity index (χ0v) is 16.7. The van der Waals surface area contributed by atoms with Crippen molar-refractivity contribution in [3.8, 4) is 34.0 Å². The number of aromatic nitrogens is 2. The zero-order chi connectivity index (χ0) is 21.8. The van der Waals surface area contributed by atoms with Gasteiger partial charge < -0.3 is 15.2 Å². The molecule has 4 rings (SSSR count). The third-order valence-corrected chi connectivity index (χ3v) is 4.70. The maximum atomic E-state index is 13.5. The lowest BCUT2D eigenvalue weighted by atomic mass is 10.1. The molecule has 0 saturated carbocycles. The number of carbonyl (C=O) groups excluding carboxylic acids is 1. The van der Waals surface area contributed by atoms with Gasteiger partial charge in [0.2, 0.25) is 0 Å². The molecule has 0 unspecified atom stereocenters. The predicted molar refractivity (Wildman–Crippen MR) is 117 cm³/mol. The first kappa shape index (κ1) is 20.2. The lowest BCUT2D eigenvalue weighted by molar-refractivity contribution is 0.102. The number of phenolic OH excluding ortho intramolecular Hbond substituents is 1. The summed E-state index contributed by atoms with van der Waals surface area (Å²) in [6.45, 7) is 2.33. The van der Waals surface area contributed by atoms with Gasteiger partial charge in [-0.2, -0.15) is 5.10 Å². The fraction of sp³-hybridized carbons (Fsp3) is 0.0833. The van der Waals surface area contributed by atoms with E-state index >= 15 is 0 Å². The first-order valence-corrected chi connectivity index (χ1v) is 9.73. The van der Waals surface area contributed by atoms with Gasteiger partial charge in [-0.3, -0.25) is 9.89 Å². The number of anilines is 1. The van der Waals surface area contributed by atoms with E-state index in [1.807, 2.05) is 25.1 Å². The van der Waals surface area contributed by atoms with E-state index in [0.717, 1.165) is 5.56 Å². The van der Waals surface area contributed by atoms with Crippen LogP contribution in [0.3, 0.4) is 0 Å². The number of rotatable bonds is 6. The van der Waals surface area contributed by atoms with E-state index in [2.05, 4.69) is 15.5 Å². The van der Waals surface area contributed by atoms with Crippen molar-refractivity contribution < 1.29 is 19.0 Å². The molecule has 0 atom stereocenters. The van der Waals surface area contributed by atoms with Gasteiger partial charge in [0.1, 0.15) is 17.3 Å². The number of aromatic amines is 1. The molecule has 0 fully saturated rings. The summed E-state index contributed by atoms with van der Waals surface area (Å²) >= 11 is 0. The molecule has 1 amide bonds. The smallest absolute Gasteiger partial charge is 0.259 e. The molecule has 0 bridgehead atoms. The van der Waals surface area contributed by atoms with E-state index in [1.54, 1.807) is 36.4 Å². The Balaban J connectivity index is 1.51. The number of para-hydroxylation sites is 1. The van der Waals surface area contributed by atoms with Gasteiger partial charge in [-0.1, -0.05) is 24.3 Å². The van der Waals surface area contributed by atoms with Crippen molar-refractivity contribution in [2.24, 2.45) is 0 Å². The Labute approximate surface area is 178 Å². The SMILES string of the molecule is CCOc1ccccc1C(=O)Nc1ccc(-c2cc(-c3cc(F)ccc3O)[nH]n2)cc1. The van der Waals surface area contributed by atoms with Crippen LogP contribution in [-0.2, 0) is 0 Å². The Morgan fingerprint density at radius 1 is 1.10 bits per heavy atom.